The molecule has 1 unspecified atom stereocenters. The Balaban J connectivity index is 2.36. The van der Waals surface area contributed by atoms with Gasteiger partial charge in [-0.1, -0.05) is 11.6 Å². The molecule has 0 amide bonds. The third kappa shape index (κ3) is 4.41. The predicted molar refractivity (Wildman–Crippen MR) is 106 cm³/mol. The number of benzene rings is 2. The first kappa shape index (κ1) is 24.2. The largest absolute Gasteiger partial charge is 0.477 e. The Morgan fingerprint density at radius 2 is 1.79 bits per heavy atom. The molecule has 0 aliphatic carbocycles. The molecule has 0 fully saturated rings. The molecule has 0 saturated carbocycles. The Kier molecular flexibility index (Phi) is 6.22. The molecule has 2 aromatic carbocycles. The number of nitrogens with zero attached hydrogens (tertiary/aromatic N) is 1. The van der Waals surface area contributed by atoms with Crippen molar-refractivity contribution >= 4 is 39.8 Å². The summed E-state index contributed by atoms with van der Waals surface area (Å²) in [6.45, 7) is -1.24. The van der Waals surface area contributed by atoms with Gasteiger partial charge < -0.3 is 25.8 Å². The summed E-state index contributed by atoms with van der Waals surface area (Å²) < 4.78 is 81.2. The minimum atomic E-state index is -5.04. The van der Waals surface area contributed by atoms with E-state index in [2.05, 4.69) is 0 Å². The van der Waals surface area contributed by atoms with Crippen LogP contribution in [0.4, 0.5) is 37.7 Å². The van der Waals surface area contributed by atoms with Crippen molar-refractivity contribution in [3.05, 3.63) is 62.7 Å². The quantitative estimate of drug-likeness (QED) is 0.317. The van der Waals surface area contributed by atoms with Crippen molar-refractivity contribution < 1.29 is 41.4 Å². The van der Waals surface area contributed by atoms with Crippen LogP contribution in [0, 0.1) is 17.5 Å². The number of anilines is 2. The van der Waals surface area contributed by atoms with E-state index in [9.17, 15) is 41.0 Å². The van der Waals surface area contributed by atoms with Gasteiger partial charge in [-0.2, -0.15) is 13.2 Å². The van der Waals surface area contributed by atoms with E-state index in [0.29, 0.717) is 22.9 Å². The van der Waals surface area contributed by atoms with E-state index in [4.69, 9.17) is 22.4 Å². The van der Waals surface area contributed by atoms with Crippen molar-refractivity contribution in [1.82, 2.24) is 4.57 Å². The van der Waals surface area contributed by atoms with E-state index in [0.717, 1.165) is 6.07 Å². The van der Waals surface area contributed by atoms with Gasteiger partial charge in [0.2, 0.25) is 5.43 Å². The molecular weight excluding hydrogens is 484 g/mol. The number of aromatic carboxylic acids is 1. The second-order valence-electron chi connectivity index (χ2n) is 6.75. The van der Waals surface area contributed by atoms with Gasteiger partial charge >= 0.3 is 12.1 Å². The van der Waals surface area contributed by atoms with Crippen molar-refractivity contribution in [1.29, 1.82) is 0 Å². The number of aliphatic hydroxyl groups excluding tert-OH is 1. The van der Waals surface area contributed by atoms with E-state index in [-0.39, 0.29) is 0 Å². The van der Waals surface area contributed by atoms with E-state index in [1.165, 1.54) is 0 Å². The fraction of sp³-hybridized carbons (Fsp3) is 0.158. The second kappa shape index (κ2) is 8.48. The summed E-state index contributed by atoms with van der Waals surface area (Å²) in [5.41, 5.74) is 0.813. The molecule has 0 radical (unpaired) electrons. The Hall–Kier alpha value is -3.45. The van der Waals surface area contributed by atoms with Gasteiger partial charge in [0.1, 0.15) is 23.0 Å². The van der Waals surface area contributed by atoms with Crippen LogP contribution in [0.1, 0.15) is 10.4 Å². The number of carboxylic acid groups (broad SMARTS) is 1. The van der Waals surface area contributed by atoms with Crippen LogP contribution in [0.5, 0.6) is 0 Å². The fourth-order valence-corrected chi connectivity index (χ4v) is 3.32. The molecule has 3 aromatic rings. The maximum Gasteiger partial charge on any atom is 0.416 e. The number of alkyl halides is 3. The number of aliphatic hydroxyl groups is 1. The van der Waals surface area contributed by atoms with Gasteiger partial charge in [-0.05, 0) is 12.1 Å². The second-order valence-corrected chi connectivity index (χ2v) is 7.13. The Morgan fingerprint density at radius 1 is 1.15 bits per heavy atom. The maximum atomic E-state index is 14.6. The molecule has 33 heavy (non-hydrogen) atoms. The topological polar surface area (TPSA) is 118 Å². The van der Waals surface area contributed by atoms with Crippen molar-refractivity contribution in [3.63, 3.8) is 0 Å². The third-order valence-corrected chi connectivity index (χ3v) is 4.95. The van der Waals surface area contributed by atoms with E-state index in [1.807, 2.05) is 5.32 Å². The number of fused-ring (bicyclic) bond motifs is 1. The summed E-state index contributed by atoms with van der Waals surface area (Å²) in [6, 6.07) is 1.60. The molecular formula is C19H12ClF6N3O4. The molecule has 176 valence electrons. The summed E-state index contributed by atoms with van der Waals surface area (Å²) in [5.74, 6) is -5.54. The molecule has 0 spiro atoms. The lowest BCUT2D eigenvalue weighted by Crippen LogP contribution is -2.35. The van der Waals surface area contributed by atoms with Crippen molar-refractivity contribution in [2.75, 3.05) is 17.6 Å². The SMILES string of the molecule is Nc1cc(-n2cc(C(=O)O)c(=O)c3cc(F)c(NCC(O)C(F)(F)F)c(Cl)c32)c(F)cc1F. The molecule has 0 aliphatic rings. The number of nitrogens with two attached hydrogens (primary N) is 1. The fourth-order valence-electron chi connectivity index (χ4n) is 2.97. The lowest BCUT2D eigenvalue weighted by molar-refractivity contribution is -0.198. The molecule has 1 atom stereocenters. The summed E-state index contributed by atoms with van der Waals surface area (Å²) in [6.07, 6.45) is -7.32. The molecule has 1 aromatic heterocycles. The maximum absolute atomic E-state index is 14.6. The third-order valence-electron chi connectivity index (χ3n) is 4.59. The Bertz CT molecular complexity index is 1340. The van der Waals surface area contributed by atoms with Crippen LogP contribution in [0.3, 0.4) is 0 Å². The van der Waals surface area contributed by atoms with Crippen LogP contribution < -0.4 is 16.5 Å². The van der Waals surface area contributed by atoms with Gasteiger partial charge in [0.25, 0.3) is 0 Å². The highest BCUT2D eigenvalue weighted by molar-refractivity contribution is 6.38. The van der Waals surface area contributed by atoms with E-state index < -0.39 is 86.2 Å². The predicted octanol–water partition coefficient (Wildman–Crippen LogP) is 3.68. The van der Waals surface area contributed by atoms with Gasteiger partial charge in [-0.3, -0.25) is 4.79 Å². The van der Waals surface area contributed by atoms with Crippen LogP contribution in [0.25, 0.3) is 16.6 Å². The van der Waals surface area contributed by atoms with Gasteiger partial charge in [-0.25, -0.2) is 18.0 Å². The number of nitrogens with one attached hydrogen (secondary N) is 1. The number of halogens is 7. The molecule has 3 rings (SSSR count). The van der Waals surface area contributed by atoms with Crippen LogP contribution >= 0.6 is 11.6 Å². The normalized spacial score (nSPS) is 12.7. The van der Waals surface area contributed by atoms with Gasteiger partial charge in [0.15, 0.2) is 6.10 Å². The molecule has 0 saturated heterocycles. The summed E-state index contributed by atoms with van der Waals surface area (Å²) in [7, 11) is 0. The molecule has 14 heteroatoms. The van der Waals surface area contributed by atoms with Gasteiger partial charge in [0.05, 0.1) is 33.0 Å². The van der Waals surface area contributed by atoms with E-state index in [1.54, 1.807) is 0 Å². The first-order chi connectivity index (χ1) is 15.2. The molecule has 0 bridgehead atoms. The van der Waals surface area contributed by atoms with Crippen molar-refractivity contribution in [2.24, 2.45) is 0 Å². The monoisotopic (exact) mass is 495 g/mol. The number of aromatic nitrogens is 1. The number of rotatable bonds is 5. The van der Waals surface area contributed by atoms with Crippen LogP contribution in [0.2, 0.25) is 5.02 Å². The number of pyridine rings is 1. The molecule has 5 N–H and O–H groups in total. The molecule has 7 nitrogen and oxygen atoms in total. The van der Waals surface area contributed by atoms with Crippen LogP contribution in [-0.2, 0) is 0 Å². The smallest absolute Gasteiger partial charge is 0.416 e. The minimum Gasteiger partial charge on any atom is -0.477 e. The van der Waals surface area contributed by atoms with Crippen LogP contribution in [-0.4, -0.2) is 39.6 Å². The van der Waals surface area contributed by atoms with Gasteiger partial charge in [-0.15, -0.1) is 0 Å². The lowest BCUT2D eigenvalue weighted by atomic mass is 10.1. The van der Waals surface area contributed by atoms with Crippen molar-refractivity contribution in [2.45, 2.75) is 12.3 Å². The zero-order valence-corrected chi connectivity index (χ0v) is 16.7. The summed E-state index contributed by atoms with van der Waals surface area (Å²) in [4.78, 5) is 24.1. The highest BCUT2D eigenvalue weighted by Gasteiger charge is 2.38. The summed E-state index contributed by atoms with van der Waals surface area (Å²) >= 11 is 6.13. The van der Waals surface area contributed by atoms with Crippen molar-refractivity contribution in [3.8, 4) is 5.69 Å². The zero-order valence-electron chi connectivity index (χ0n) is 16.0. The number of hydrogen-bond acceptors (Lipinski definition) is 5. The lowest BCUT2D eigenvalue weighted by Gasteiger charge is -2.20. The first-order valence-electron chi connectivity index (χ1n) is 8.78. The number of hydrogen-bond donors (Lipinski definition) is 4. The molecule has 1 heterocycles. The highest BCUT2D eigenvalue weighted by Crippen LogP contribution is 2.35. The zero-order chi connectivity index (χ0) is 24.8. The number of carboxylic acids is 1. The summed E-state index contributed by atoms with van der Waals surface area (Å²) in [5, 5.41) is 19.0. The molecule has 0 aliphatic heterocycles. The standard InChI is InChI=1S/C19H12ClF6N3O4/c20-14-15(28-4-13(30)19(24,25)26)10(23)1-6-16(14)29(5-7(17(6)31)18(32)33)12-3-11(27)8(21)2-9(12)22/h1-3,5,13,28,30H,4,27H2,(H,32,33). The highest BCUT2D eigenvalue weighted by atomic mass is 35.5. The minimum absolute atomic E-state index is 0.366. The van der Waals surface area contributed by atoms with E-state index >= 15 is 0 Å². The number of nitrogen functional groups attached to an aromatic ring is 1. The number of carbonyl (C=O) groups is 1. The Morgan fingerprint density at radius 3 is 2.36 bits per heavy atom. The van der Waals surface area contributed by atoms with Gasteiger partial charge in [0, 0.05) is 18.8 Å². The average molecular weight is 496 g/mol. The Labute approximate surface area is 184 Å². The van der Waals surface area contributed by atoms with Crippen LogP contribution in [0.15, 0.2) is 29.2 Å². The average Bonchev–Trinajstić information content (AvgIpc) is 2.70. The first-order valence-corrected chi connectivity index (χ1v) is 9.16.